The SMILES string of the molecule is CN=C(NCc1ccc(N2CCC(C)CC2)nc1)NC1CCN(Cc2ccccc2)C(C)C1.I. The summed E-state index contributed by atoms with van der Waals surface area (Å²) in [6, 6.07) is 16.1. The molecule has 6 nitrogen and oxygen atoms in total. The lowest BCUT2D eigenvalue weighted by Gasteiger charge is -2.38. The number of hydrogen-bond acceptors (Lipinski definition) is 4. The zero-order valence-corrected chi connectivity index (χ0v) is 23.2. The molecule has 2 unspecified atom stereocenters. The fourth-order valence-electron chi connectivity index (χ4n) is 4.92. The second kappa shape index (κ2) is 13.3. The number of pyridine rings is 1. The van der Waals surface area contributed by atoms with E-state index in [0.29, 0.717) is 12.1 Å². The number of rotatable bonds is 6. The average molecular weight is 577 g/mol. The summed E-state index contributed by atoms with van der Waals surface area (Å²) in [6.45, 7) is 9.77. The Bertz CT molecular complexity index is 880. The third-order valence-electron chi connectivity index (χ3n) is 7.18. The number of piperidine rings is 2. The number of likely N-dealkylation sites (tertiary alicyclic amines) is 1. The van der Waals surface area contributed by atoms with E-state index in [1.54, 1.807) is 0 Å². The Labute approximate surface area is 222 Å². The molecule has 0 bridgehead atoms. The van der Waals surface area contributed by atoms with Crippen molar-refractivity contribution in [3.8, 4) is 0 Å². The van der Waals surface area contributed by atoms with Crippen molar-refractivity contribution in [1.82, 2.24) is 20.5 Å². The van der Waals surface area contributed by atoms with E-state index in [-0.39, 0.29) is 24.0 Å². The van der Waals surface area contributed by atoms with Crippen LogP contribution in [-0.2, 0) is 13.1 Å². The van der Waals surface area contributed by atoms with Gasteiger partial charge in [-0.3, -0.25) is 9.89 Å². The van der Waals surface area contributed by atoms with E-state index in [2.05, 4.69) is 81.7 Å². The molecule has 2 fully saturated rings. The Morgan fingerprint density at radius 1 is 1.00 bits per heavy atom. The van der Waals surface area contributed by atoms with Crippen molar-refractivity contribution >= 4 is 35.8 Å². The molecule has 1 aromatic carbocycles. The molecule has 2 aliphatic rings. The summed E-state index contributed by atoms with van der Waals surface area (Å²) in [6.07, 6.45) is 6.77. The molecule has 0 saturated carbocycles. The number of benzene rings is 1. The molecule has 0 amide bonds. The van der Waals surface area contributed by atoms with E-state index in [1.165, 1.54) is 24.0 Å². The number of anilines is 1. The van der Waals surface area contributed by atoms with Crippen LogP contribution in [0.4, 0.5) is 5.82 Å². The normalized spacial score (nSPS) is 22.2. The number of aliphatic imine (C=N–C) groups is 1. The number of guanidine groups is 1. The van der Waals surface area contributed by atoms with E-state index >= 15 is 0 Å². The molecule has 3 heterocycles. The van der Waals surface area contributed by atoms with Gasteiger partial charge in [0.25, 0.3) is 0 Å². The first-order valence-electron chi connectivity index (χ1n) is 12.6. The zero-order valence-electron chi connectivity index (χ0n) is 20.9. The molecule has 0 aliphatic carbocycles. The molecule has 4 rings (SSSR count). The Morgan fingerprint density at radius 2 is 1.76 bits per heavy atom. The maximum atomic E-state index is 4.72. The van der Waals surface area contributed by atoms with Crippen molar-refractivity contribution in [3.05, 3.63) is 59.8 Å². The third kappa shape index (κ3) is 7.57. The van der Waals surface area contributed by atoms with Crippen LogP contribution in [0.15, 0.2) is 53.7 Å². The first-order chi connectivity index (χ1) is 16.1. The lowest BCUT2D eigenvalue weighted by Crippen LogP contribution is -2.51. The highest BCUT2D eigenvalue weighted by Gasteiger charge is 2.26. The number of nitrogens with zero attached hydrogens (tertiary/aromatic N) is 4. The van der Waals surface area contributed by atoms with Crippen LogP contribution in [0, 0.1) is 5.92 Å². The monoisotopic (exact) mass is 576 g/mol. The van der Waals surface area contributed by atoms with Crippen LogP contribution in [0.25, 0.3) is 0 Å². The maximum absolute atomic E-state index is 4.72. The second-order valence-corrected chi connectivity index (χ2v) is 9.79. The van der Waals surface area contributed by atoms with Gasteiger partial charge >= 0.3 is 0 Å². The van der Waals surface area contributed by atoms with Gasteiger partial charge in [-0.25, -0.2) is 4.98 Å². The van der Waals surface area contributed by atoms with Crippen LogP contribution >= 0.6 is 24.0 Å². The van der Waals surface area contributed by atoms with Gasteiger partial charge in [0.05, 0.1) is 0 Å². The molecular weight excluding hydrogens is 535 g/mol. The molecule has 0 radical (unpaired) electrons. The zero-order chi connectivity index (χ0) is 23.0. The molecule has 1 aromatic heterocycles. The summed E-state index contributed by atoms with van der Waals surface area (Å²) >= 11 is 0. The lowest BCUT2D eigenvalue weighted by atomic mass is 9.97. The van der Waals surface area contributed by atoms with Gasteiger partial charge in [0.1, 0.15) is 5.82 Å². The van der Waals surface area contributed by atoms with Crippen molar-refractivity contribution in [3.63, 3.8) is 0 Å². The van der Waals surface area contributed by atoms with Crippen molar-refractivity contribution in [2.45, 2.75) is 64.7 Å². The maximum Gasteiger partial charge on any atom is 0.191 e. The summed E-state index contributed by atoms with van der Waals surface area (Å²) in [4.78, 5) is 14.2. The highest BCUT2D eigenvalue weighted by molar-refractivity contribution is 14.0. The Morgan fingerprint density at radius 3 is 2.41 bits per heavy atom. The summed E-state index contributed by atoms with van der Waals surface area (Å²) in [5, 5.41) is 7.12. The highest BCUT2D eigenvalue weighted by atomic mass is 127. The number of hydrogen-bond donors (Lipinski definition) is 2. The first kappa shape index (κ1) is 26.7. The minimum atomic E-state index is 0. The summed E-state index contributed by atoms with van der Waals surface area (Å²) in [5.41, 5.74) is 2.57. The van der Waals surface area contributed by atoms with Crippen LogP contribution in [0.5, 0.6) is 0 Å². The topological polar surface area (TPSA) is 55.8 Å². The fraction of sp³-hybridized carbons (Fsp3) is 0.556. The predicted octanol–water partition coefficient (Wildman–Crippen LogP) is 4.65. The average Bonchev–Trinajstić information content (AvgIpc) is 2.85. The molecule has 186 valence electrons. The molecule has 7 heteroatoms. The molecule has 2 saturated heterocycles. The van der Waals surface area contributed by atoms with Crippen LogP contribution in [0.1, 0.15) is 50.7 Å². The van der Waals surface area contributed by atoms with Crippen molar-refractivity contribution < 1.29 is 0 Å². The number of nitrogens with one attached hydrogen (secondary N) is 2. The minimum Gasteiger partial charge on any atom is -0.357 e. The standard InChI is InChI=1S/C27H40N6.HI/c1-21-11-14-32(15-12-21)26-10-9-24(18-29-26)19-30-27(28-3)31-25-13-16-33(22(2)17-25)20-23-7-5-4-6-8-23;/h4-10,18,21-22,25H,11-17,19-20H2,1-3H3,(H2,28,30,31);1H. The fourth-order valence-corrected chi connectivity index (χ4v) is 4.92. The van der Waals surface area contributed by atoms with Crippen LogP contribution < -0.4 is 15.5 Å². The number of halogens is 1. The summed E-state index contributed by atoms with van der Waals surface area (Å²) < 4.78 is 0. The Balaban J connectivity index is 0.00000324. The van der Waals surface area contributed by atoms with E-state index in [0.717, 1.165) is 63.3 Å². The first-order valence-corrected chi connectivity index (χ1v) is 12.6. The van der Waals surface area contributed by atoms with Crippen LogP contribution in [-0.4, -0.2) is 54.6 Å². The summed E-state index contributed by atoms with van der Waals surface area (Å²) in [7, 11) is 1.85. The predicted molar refractivity (Wildman–Crippen MR) is 153 cm³/mol. The van der Waals surface area contributed by atoms with Gasteiger partial charge in [-0.15, -0.1) is 24.0 Å². The molecule has 2 atom stereocenters. The van der Waals surface area contributed by atoms with Crippen LogP contribution in [0.3, 0.4) is 0 Å². The van der Waals surface area contributed by atoms with Gasteiger partial charge in [-0.2, -0.15) is 0 Å². The Kier molecular flexibility index (Phi) is 10.4. The third-order valence-corrected chi connectivity index (χ3v) is 7.18. The quantitative estimate of drug-likeness (QED) is 0.298. The van der Waals surface area contributed by atoms with Crippen molar-refractivity contribution in [2.24, 2.45) is 10.9 Å². The van der Waals surface area contributed by atoms with Gasteiger partial charge in [0.15, 0.2) is 5.96 Å². The molecule has 34 heavy (non-hydrogen) atoms. The molecular formula is C27H41IN6. The van der Waals surface area contributed by atoms with Gasteiger partial charge < -0.3 is 15.5 Å². The lowest BCUT2D eigenvalue weighted by molar-refractivity contribution is 0.134. The molecule has 0 spiro atoms. The smallest absolute Gasteiger partial charge is 0.191 e. The van der Waals surface area contributed by atoms with Gasteiger partial charge in [0.2, 0.25) is 0 Å². The van der Waals surface area contributed by atoms with Gasteiger partial charge in [-0.05, 0) is 55.7 Å². The molecule has 2 aliphatic heterocycles. The van der Waals surface area contributed by atoms with Gasteiger partial charge in [-0.1, -0.05) is 43.3 Å². The van der Waals surface area contributed by atoms with Crippen molar-refractivity contribution in [1.29, 1.82) is 0 Å². The van der Waals surface area contributed by atoms with E-state index in [9.17, 15) is 0 Å². The van der Waals surface area contributed by atoms with E-state index in [1.807, 2.05) is 13.2 Å². The largest absolute Gasteiger partial charge is 0.357 e. The highest BCUT2D eigenvalue weighted by Crippen LogP contribution is 2.22. The second-order valence-electron chi connectivity index (χ2n) is 9.79. The van der Waals surface area contributed by atoms with Crippen LogP contribution in [0.2, 0.25) is 0 Å². The summed E-state index contributed by atoms with van der Waals surface area (Å²) in [5.74, 6) is 2.81. The van der Waals surface area contributed by atoms with E-state index in [4.69, 9.17) is 4.98 Å². The van der Waals surface area contributed by atoms with Gasteiger partial charge in [0, 0.05) is 58.1 Å². The number of aromatic nitrogens is 1. The molecule has 2 N–H and O–H groups in total. The van der Waals surface area contributed by atoms with E-state index < -0.39 is 0 Å². The molecule has 2 aromatic rings. The van der Waals surface area contributed by atoms with Crippen molar-refractivity contribution in [2.75, 3.05) is 31.6 Å². The Hall–Kier alpha value is -1.87. The minimum absolute atomic E-state index is 0.